The van der Waals surface area contributed by atoms with Crippen LogP contribution in [-0.2, 0) is 11.2 Å². The number of aromatic nitrogens is 1. The van der Waals surface area contributed by atoms with Crippen LogP contribution in [0.1, 0.15) is 11.3 Å². The fourth-order valence-electron chi connectivity index (χ4n) is 1.67. The van der Waals surface area contributed by atoms with E-state index in [1.807, 2.05) is 37.3 Å². The zero-order chi connectivity index (χ0) is 13.0. The van der Waals surface area contributed by atoms with E-state index in [9.17, 15) is 4.79 Å². The lowest BCUT2D eigenvalue weighted by atomic mass is 10.1. The molecule has 3 N–H and O–H groups in total. The number of para-hydroxylation sites is 1. The lowest BCUT2D eigenvalue weighted by Crippen LogP contribution is -2.16. The van der Waals surface area contributed by atoms with Crippen molar-refractivity contribution in [2.75, 3.05) is 11.1 Å². The molecule has 0 unspecified atom stereocenters. The van der Waals surface area contributed by atoms with E-state index in [0.717, 1.165) is 11.3 Å². The summed E-state index contributed by atoms with van der Waals surface area (Å²) in [6.07, 6.45) is 0.252. The lowest BCUT2D eigenvalue weighted by Gasteiger charge is -2.06. The first-order valence-electron chi connectivity index (χ1n) is 5.72. The van der Waals surface area contributed by atoms with Gasteiger partial charge < -0.3 is 11.1 Å². The van der Waals surface area contributed by atoms with Gasteiger partial charge in [-0.3, -0.25) is 4.79 Å². The number of rotatable bonds is 3. The minimum Gasteiger partial charge on any atom is -0.398 e. The molecule has 0 saturated carbocycles. The molecule has 0 aliphatic carbocycles. The molecule has 2 rings (SSSR count). The number of nitrogens with one attached hydrogen (secondary N) is 1. The molecule has 2 aromatic rings. The van der Waals surface area contributed by atoms with Crippen LogP contribution in [0.15, 0.2) is 42.5 Å². The van der Waals surface area contributed by atoms with Gasteiger partial charge in [-0.2, -0.15) is 0 Å². The van der Waals surface area contributed by atoms with Crippen molar-refractivity contribution in [2.45, 2.75) is 13.3 Å². The molecule has 4 heteroatoms. The molecule has 1 heterocycles. The second-order valence-corrected chi connectivity index (χ2v) is 4.09. The first-order valence-corrected chi connectivity index (χ1v) is 5.72. The van der Waals surface area contributed by atoms with Crippen molar-refractivity contribution in [1.29, 1.82) is 0 Å². The van der Waals surface area contributed by atoms with Crippen LogP contribution < -0.4 is 11.1 Å². The summed E-state index contributed by atoms with van der Waals surface area (Å²) in [7, 11) is 0. The Morgan fingerprint density at radius 2 is 2.00 bits per heavy atom. The van der Waals surface area contributed by atoms with Crippen LogP contribution in [-0.4, -0.2) is 10.9 Å². The largest absolute Gasteiger partial charge is 0.398 e. The van der Waals surface area contributed by atoms with Gasteiger partial charge in [0, 0.05) is 11.4 Å². The van der Waals surface area contributed by atoms with Crippen LogP contribution in [0.25, 0.3) is 0 Å². The molecular formula is C14H15N3O. The number of benzene rings is 1. The Kier molecular flexibility index (Phi) is 3.57. The summed E-state index contributed by atoms with van der Waals surface area (Å²) in [6, 6.07) is 12.8. The quantitative estimate of drug-likeness (QED) is 0.809. The smallest absolute Gasteiger partial charge is 0.230 e. The van der Waals surface area contributed by atoms with Gasteiger partial charge in [-0.05, 0) is 30.7 Å². The van der Waals surface area contributed by atoms with Crippen molar-refractivity contribution in [2.24, 2.45) is 0 Å². The van der Waals surface area contributed by atoms with Crippen molar-refractivity contribution in [3.8, 4) is 0 Å². The van der Waals surface area contributed by atoms with Crippen molar-refractivity contribution >= 4 is 17.4 Å². The highest BCUT2D eigenvalue weighted by Gasteiger charge is 2.06. The van der Waals surface area contributed by atoms with E-state index in [0.29, 0.717) is 11.5 Å². The van der Waals surface area contributed by atoms with Crippen LogP contribution in [0.2, 0.25) is 0 Å². The molecule has 0 aliphatic rings. The average Bonchev–Trinajstić information content (AvgIpc) is 2.32. The molecule has 18 heavy (non-hydrogen) atoms. The van der Waals surface area contributed by atoms with Gasteiger partial charge in [0.05, 0.1) is 6.42 Å². The molecule has 0 radical (unpaired) electrons. The summed E-state index contributed by atoms with van der Waals surface area (Å²) in [5.74, 6) is 0.445. The molecule has 92 valence electrons. The van der Waals surface area contributed by atoms with Gasteiger partial charge in [0.2, 0.25) is 5.91 Å². The van der Waals surface area contributed by atoms with Crippen LogP contribution in [0.3, 0.4) is 0 Å². The van der Waals surface area contributed by atoms with Crippen molar-refractivity contribution in [3.05, 3.63) is 53.7 Å². The highest BCUT2D eigenvalue weighted by molar-refractivity contribution is 5.92. The van der Waals surface area contributed by atoms with E-state index in [-0.39, 0.29) is 12.3 Å². The highest BCUT2D eigenvalue weighted by Crippen LogP contribution is 2.12. The van der Waals surface area contributed by atoms with E-state index >= 15 is 0 Å². The number of nitrogens with zero attached hydrogens (tertiary/aromatic N) is 1. The maximum Gasteiger partial charge on any atom is 0.230 e. The molecule has 0 fully saturated rings. The van der Waals surface area contributed by atoms with Crippen LogP contribution in [0, 0.1) is 6.92 Å². The predicted molar refractivity (Wildman–Crippen MR) is 72.2 cm³/mol. The summed E-state index contributed by atoms with van der Waals surface area (Å²) in [6.45, 7) is 1.88. The standard InChI is InChI=1S/C14H15N3O/c1-10-5-4-8-13(16-10)17-14(18)9-11-6-2-3-7-12(11)15/h2-8H,9,15H2,1H3,(H,16,17,18). The van der Waals surface area contributed by atoms with Crippen molar-refractivity contribution in [3.63, 3.8) is 0 Å². The minimum atomic E-state index is -0.119. The number of carbonyl (C=O) groups excluding carboxylic acids is 1. The van der Waals surface area contributed by atoms with Gasteiger partial charge in [-0.25, -0.2) is 4.98 Å². The normalized spacial score (nSPS) is 10.1. The first kappa shape index (κ1) is 12.1. The zero-order valence-electron chi connectivity index (χ0n) is 10.2. The number of anilines is 2. The predicted octanol–water partition coefficient (Wildman–Crippen LogP) is 2.15. The van der Waals surface area contributed by atoms with Crippen molar-refractivity contribution in [1.82, 2.24) is 4.98 Å². The summed E-state index contributed by atoms with van der Waals surface area (Å²) < 4.78 is 0. The Labute approximate surface area is 106 Å². The zero-order valence-corrected chi connectivity index (χ0v) is 10.2. The molecule has 0 aliphatic heterocycles. The first-order chi connectivity index (χ1) is 8.65. The maximum atomic E-state index is 11.8. The SMILES string of the molecule is Cc1cccc(NC(=O)Cc2ccccc2N)n1. The number of nitrogens with two attached hydrogens (primary N) is 1. The Morgan fingerprint density at radius 3 is 2.72 bits per heavy atom. The minimum absolute atomic E-state index is 0.119. The number of carbonyl (C=O) groups is 1. The third-order valence-corrected chi connectivity index (χ3v) is 2.56. The van der Waals surface area contributed by atoms with Gasteiger partial charge >= 0.3 is 0 Å². The summed E-state index contributed by atoms with van der Waals surface area (Å²) in [4.78, 5) is 16.1. The molecule has 0 saturated heterocycles. The van der Waals surface area contributed by atoms with E-state index in [4.69, 9.17) is 5.73 Å². The van der Waals surface area contributed by atoms with E-state index in [2.05, 4.69) is 10.3 Å². The lowest BCUT2D eigenvalue weighted by molar-refractivity contribution is -0.115. The molecule has 1 aromatic carbocycles. The second-order valence-electron chi connectivity index (χ2n) is 4.09. The third-order valence-electron chi connectivity index (χ3n) is 2.56. The number of amides is 1. The number of aryl methyl sites for hydroxylation is 1. The van der Waals surface area contributed by atoms with E-state index < -0.39 is 0 Å². The fourth-order valence-corrected chi connectivity index (χ4v) is 1.67. The second kappa shape index (κ2) is 5.31. The number of hydrogen-bond acceptors (Lipinski definition) is 3. The Bertz CT molecular complexity index is 566. The summed E-state index contributed by atoms with van der Waals surface area (Å²) >= 11 is 0. The van der Waals surface area contributed by atoms with Gasteiger partial charge in [0.1, 0.15) is 5.82 Å². The maximum absolute atomic E-state index is 11.8. The average molecular weight is 241 g/mol. The molecule has 1 amide bonds. The monoisotopic (exact) mass is 241 g/mol. The van der Waals surface area contributed by atoms with Gasteiger partial charge in [-0.15, -0.1) is 0 Å². The topological polar surface area (TPSA) is 68.0 Å². The van der Waals surface area contributed by atoms with Crippen LogP contribution in [0.4, 0.5) is 11.5 Å². The van der Waals surface area contributed by atoms with E-state index in [1.165, 1.54) is 0 Å². The van der Waals surface area contributed by atoms with E-state index in [1.54, 1.807) is 12.1 Å². The Morgan fingerprint density at radius 1 is 1.22 bits per heavy atom. The molecule has 4 nitrogen and oxygen atoms in total. The molecule has 0 bridgehead atoms. The number of nitrogen functional groups attached to an aromatic ring is 1. The summed E-state index contributed by atoms with van der Waals surface area (Å²) in [5.41, 5.74) is 8.11. The molecule has 1 aromatic heterocycles. The molecular weight excluding hydrogens is 226 g/mol. The third kappa shape index (κ3) is 3.07. The Balaban J connectivity index is 2.03. The van der Waals surface area contributed by atoms with Gasteiger partial charge in [0.25, 0.3) is 0 Å². The van der Waals surface area contributed by atoms with Gasteiger partial charge in [-0.1, -0.05) is 24.3 Å². The Hall–Kier alpha value is -2.36. The number of hydrogen-bond donors (Lipinski definition) is 2. The number of pyridine rings is 1. The molecule has 0 spiro atoms. The van der Waals surface area contributed by atoms with Crippen LogP contribution in [0.5, 0.6) is 0 Å². The highest BCUT2D eigenvalue weighted by atomic mass is 16.1. The fraction of sp³-hybridized carbons (Fsp3) is 0.143. The van der Waals surface area contributed by atoms with Crippen LogP contribution >= 0.6 is 0 Å². The summed E-state index contributed by atoms with van der Waals surface area (Å²) in [5, 5.41) is 2.75. The van der Waals surface area contributed by atoms with Crippen molar-refractivity contribution < 1.29 is 4.79 Å². The molecule has 0 atom stereocenters. The van der Waals surface area contributed by atoms with Gasteiger partial charge in [0.15, 0.2) is 0 Å².